The highest BCUT2D eigenvalue weighted by Crippen LogP contribution is 2.49. The van der Waals surface area contributed by atoms with Crippen LogP contribution in [0.3, 0.4) is 0 Å². The molecule has 0 atom stereocenters. The van der Waals surface area contributed by atoms with E-state index in [2.05, 4.69) is 122 Å². The first-order valence-electron chi connectivity index (χ1n) is 10.9. The van der Waals surface area contributed by atoms with Gasteiger partial charge in [-0.15, -0.1) is 0 Å². The fourth-order valence-corrected chi connectivity index (χ4v) is 5.43. The van der Waals surface area contributed by atoms with Crippen LogP contribution < -0.4 is 4.90 Å². The van der Waals surface area contributed by atoms with Gasteiger partial charge in [-0.1, -0.05) is 74.5 Å². The van der Waals surface area contributed by atoms with Gasteiger partial charge >= 0.3 is 0 Å². The fourth-order valence-electron chi connectivity index (χ4n) is 5.43. The Morgan fingerprint density at radius 2 is 1.23 bits per heavy atom. The molecule has 2 heteroatoms. The van der Waals surface area contributed by atoms with Crippen LogP contribution >= 0.6 is 0 Å². The Balaban J connectivity index is 1.53. The van der Waals surface area contributed by atoms with E-state index in [1.165, 1.54) is 55.4 Å². The zero-order chi connectivity index (χ0) is 21.3. The molecule has 0 N–H and O–H groups in total. The predicted molar refractivity (Wildman–Crippen MR) is 132 cm³/mol. The van der Waals surface area contributed by atoms with E-state index in [0.717, 1.165) is 0 Å². The molecule has 0 amide bonds. The molecule has 31 heavy (non-hydrogen) atoms. The maximum absolute atomic E-state index is 2.36. The quantitative estimate of drug-likeness (QED) is 0.283. The van der Waals surface area contributed by atoms with E-state index in [4.69, 9.17) is 0 Å². The first-order valence-corrected chi connectivity index (χ1v) is 10.9. The molecule has 0 aliphatic carbocycles. The molecule has 5 aromatic rings. The summed E-state index contributed by atoms with van der Waals surface area (Å²) in [7, 11) is 4.35. The zero-order valence-corrected chi connectivity index (χ0v) is 18.5. The number of aryl methyl sites for hydroxylation is 1. The van der Waals surface area contributed by atoms with Gasteiger partial charge in [-0.25, -0.2) is 0 Å². The second-order valence-corrected chi connectivity index (χ2v) is 9.24. The van der Waals surface area contributed by atoms with Crippen molar-refractivity contribution in [1.82, 2.24) is 4.57 Å². The van der Waals surface area contributed by atoms with E-state index >= 15 is 0 Å². The van der Waals surface area contributed by atoms with Crippen molar-refractivity contribution >= 4 is 33.2 Å². The van der Waals surface area contributed by atoms with E-state index in [0.29, 0.717) is 0 Å². The molecule has 0 fully saturated rings. The summed E-state index contributed by atoms with van der Waals surface area (Å²) in [5, 5.41) is 2.63. The Kier molecular flexibility index (Phi) is 3.68. The summed E-state index contributed by atoms with van der Waals surface area (Å²) in [6.45, 7) is 4.66. The Hall–Kier alpha value is -3.52. The van der Waals surface area contributed by atoms with Gasteiger partial charge in [0.25, 0.3) is 0 Å². The number of rotatable bonds is 1. The molecule has 2 nitrogen and oxygen atoms in total. The van der Waals surface area contributed by atoms with Gasteiger partial charge in [-0.05, 0) is 46.5 Å². The highest BCUT2D eigenvalue weighted by molar-refractivity contribution is 6.09. The van der Waals surface area contributed by atoms with E-state index in [1.807, 2.05) is 0 Å². The van der Waals surface area contributed by atoms with Gasteiger partial charge in [0.1, 0.15) is 0 Å². The molecule has 152 valence electrons. The van der Waals surface area contributed by atoms with Crippen molar-refractivity contribution in [3.8, 4) is 11.1 Å². The van der Waals surface area contributed by atoms with Crippen LogP contribution in [0.1, 0.15) is 25.0 Å². The smallest absolute Gasteiger partial charge is 0.0494 e. The molecule has 6 rings (SSSR count). The molecule has 1 aliphatic heterocycles. The Morgan fingerprint density at radius 1 is 0.581 bits per heavy atom. The van der Waals surface area contributed by atoms with Gasteiger partial charge in [-0.2, -0.15) is 0 Å². The van der Waals surface area contributed by atoms with E-state index < -0.39 is 0 Å². The Labute approximate surface area is 183 Å². The summed E-state index contributed by atoms with van der Waals surface area (Å²) in [5.41, 5.74) is 10.4. The van der Waals surface area contributed by atoms with Crippen LogP contribution in [0.4, 0.5) is 11.4 Å². The number of benzene rings is 4. The summed E-state index contributed by atoms with van der Waals surface area (Å²) in [6.07, 6.45) is 0. The number of anilines is 2. The van der Waals surface area contributed by atoms with Crippen LogP contribution in [0, 0.1) is 0 Å². The third-order valence-corrected chi connectivity index (χ3v) is 7.22. The second-order valence-electron chi connectivity index (χ2n) is 9.24. The highest BCUT2D eigenvalue weighted by Gasteiger charge is 2.34. The topological polar surface area (TPSA) is 8.17 Å². The van der Waals surface area contributed by atoms with Crippen molar-refractivity contribution in [2.75, 3.05) is 11.9 Å². The first-order chi connectivity index (χ1) is 15.0. The van der Waals surface area contributed by atoms with Gasteiger partial charge < -0.3 is 9.47 Å². The average molecular weight is 403 g/mol. The van der Waals surface area contributed by atoms with Crippen molar-refractivity contribution < 1.29 is 0 Å². The van der Waals surface area contributed by atoms with E-state index in [1.54, 1.807) is 0 Å². The Bertz CT molecular complexity index is 1490. The Morgan fingerprint density at radius 3 is 2.10 bits per heavy atom. The standard InChI is InChI=1S/C29H26N2/c1-29(2)23-10-6-8-12-26(23)31(4)28-18-20(14-16-24(28)29)19-13-15-22-21-9-5-7-11-25(21)30(3)27(22)17-19/h5-18H,1-4H3. The minimum absolute atomic E-state index is 0.0171. The van der Waals surface area contributed by atoms with E-state index in [-0.39, 0.29) is 5.41 Å². The van der Waals surface area contributed by atoms with Crippen LogP contribution in [0.5, 0.6) is 0 Å². The molecule has 0 saturated heterocycles. The first kappa shape index (κ1) is 18.3. The molecular formula is C29H26N2. The maximum atomic E-state index is 2.36. The van der Waals surface area contributed by atoms with Crippen molar-refractivity contribution in [2.45, 2.75) is 19.3 Å². The molecule has 2 heterocycles. The lowest BCUT2D eigenvalue weighted by Crippen LogP contribution is -2.30. The second kappa shape index (κ2) is 6.24. The lowest BCUT2D eigenvalue weighted by molar-refractivity contribution is 0.629. The predicted octanol–water partition coefficient (Wildman–Crippen LogP) is 7.41. The number of hydrogen-bond donors (Lipinski definition) is 0. The van der Waals surface area contributed by atoms with Crippen LogP contribution in [-0.2, 0) is 12.5 Å². The molecule has 4 aromatic carbocycles. The normalized spacial score (nSPS) is 14.6. The molecule has 0 unspecified atom stereocenters. The SMILES string of the molecule is CN1c2ccccc2C(C)(C)c2ccc(-c3ccc4c5ccccc5n(C)c4c3)cc21. The van der Waals surface area contributed by atoms with Crippen LogP contribution in [0.15, 0.2) is 84.9 Å². The number of para-hydroxylation sites is 2. The summed E-state index contributed by atoms with van der Waals surface area (Å²) in [4.78, 5) is 2.34. The number of hydrogen-bond acceptors (Lipinski definition) is 1. The molecule has 0 bridgehead atoms. The summed E-state index contributed by atoms with van der Waals surface area (Å²) in [5.74, 6) is 0. The van der Waals surface area contributed by atoms with Gasteiger partial charge in [0.05, 0.1) is 0 Å². The summed E-state index contributed by atoms with van der Waals surface area (Å²) in [6, 6.07) is 31.2. The van der Waals surface area contributed by atoms with Crippen LogP contribution in [0.25, 0.3) is 32.9 Å². The molecule has 0 radical (unpaired) electrons. The third-order valence-electron chi connectivity index (χ3n) is 7.22. The lowest BCUT2D eigenvalue weighted by atomic mass is 9.73. The van der Waals surface area contributed by atoms with Crippen LogP contribution in [0.2, 0.25) is 0 Å². The summed E-state index contributed by atoms with van der Waals surface area (Å²) < 4.78 is 2.30. The molecule has 0 spiro atoms. The number of aromatic nitrogens is 1. The van der Waals surface area contributed by atoms with Crippen molar-refractivity contribution in [3.63, 3.8) is 0 Å². The highest BCUT2D eigenvalue weighted by atomic mass is 15.1. The van der Waals surface area contributed by atoms with Gasteiger partial charge in [-0.3, -0.25) is 0 Å². The van der Waals surface area contributed by atoms with Gasteiger partial charge in [0, 0.05) is 52.7 Å². The fraction of sp³-hybridized carbons (Fsp3) is 0.172. The molecular weight excluding hydrogens is 376 g/mol. The zero-order valence-electron chi connectivity index (χ0n) is 18.5. The van der Waals surface area contributed by atoms with Crippen molar-refractivity contribution in [2.24, 2.45) is 7.05 Å². The monoisotopic (exact) mass is 402 g/mol. The minimum atomic E-state index is -0.0171. The largest absolute Gasteiger partial charge is 0.344 e. The summed E-state index contributed by atoms with van der Waals surface area (Å²) >= 11 is 0. The van der Waals surface area contributed by atoms with Gasteiger partial charge in [0.2, 0.25) is 0 Å². The molecule has 0 saturated carbocycles. The number of fused-ring (bicyclic) bond motifs is 5. The van der Waals surface area contributed by atoms with E-state index in [9.17, 15) is 0 Å². The average Bonchev–Trinajstić information content (AvgIpc) is 3.09. The van der Waals surface area contributed by atoms with Crippen molar-refractivity contribution in [1.29, 1.82) is 0 Å². The number of nitrogens with zero attached hydrogens (tertiary/aromatic N) is 2. The van der Waals surface area contributed by atoms with Gasteiger partial charge in [0.15, 0.2) is 0 Å². The van der Waals surface area contributed by atoms with Crippen molar-refractivity contribution in [3.05, 3.63) is 96.1 Å². The van der Waals surface area contributed by atoms with Crippen LogP contribution in [-0.4, -0.2) is 11.6 Å². The third kappa shape index (κ3) is 2.45. The maximum Gasteiger partial charge on any atom is 0.0494 e. The lowest BCUT2D eigenvalue weighted by Gasteiger charge is -2.40. The minimum Gasteiger partial charge on any atom is -0.344 e. The molecule has 1 aromatic heterocycles. The molecule has 1 aliphatic rings.